The van der Waals surface area contributed by atoms with Gasteiger partial charge in [-0.25, -0.2) is 0 Å². The minimum Gasteiger partial charge on any atom is -0.497 e. The Morgan fingerprint density at radius 3 is 2.77 bits per heavy atom. The molecule has 1 saturated heterocycles. The third-order valence-electron chi connectivity index (χ3n) is 5.21. The fourth-order valence-electron chi connectivity index (χ4n) is 3.90. The van der Waals surface area contributed by atoms with Gasteiger partial charge in [-0.05, 0) is 32.9 Å². The van der Waals surface area contributed by atoms with Crippen molar-refractivity contribution >= 4 is 12.4 Å². The van der Waals surface area contributed by atoms with Crippen molar-refractivity contribution < 1.29 is 4.74 Å². The topological polar surface area (TPSA) is 68.1 Å². The zero-order valence-electron chi connectivity index (χ0n) is 15.4. The molecule has 0 amide bonds. The molecule has 0 atom stereocenters. The van der Waals surface area contributed by atoms with Crippen LogP contribution in [0.25, 0.3) is 0 Å². The SMILES string of the molecule is COc1cc(C)nc(CN2CCC(c3nnc4n3CCNC4)CC2)c1.Cl. The summed E-state index contributed by atoms with van der Waals surface area (Å²) in [5.74, 6) is 3.68. The molecule has 8 heteroatoms. The molecule has 26 heavy (non-hydrogen) atoms. The van der Waals surface area contributed by atoms with E-state index in [0.29, 0.717) is 5.92 Å². The highest BCUT2D eigenvalue weighted by molar-refractivity contribution is 5.85. The third-order valence-corrected chi connectivity index (χ3v) is 5.21. The van der Waals surface area contributed by atoms with Crippen LogP contribution in [0, 0.1) is 6.92 Å². The van der Waals surface area contributed by atoms with E-state index in [1.807, 2.05) is 19.1 Å². The van der Waals surface area contributed by atoms with Crippen LogP contribution in [0.2, 0.25) is 0 Å². The van der Waals surface area contributed by atoms with E-state index in [2.05, 4.69) is 30.0 Å². The molecule has 0 aromatic carbocycles. The number of likely N-dealkylation sites (tertiary alicyclic amines) is 1. The number of fused-ring (bicyclic) bond motifs is 1. The fourth-order valence-corrected chi connectivity index (χ4v) is 3.90. The van der Waals surface area contributed by atoms with Crippen LogP contribution < -0.4 is 10.1 Å². The summed E-state index contributed by atoms with van der Waals surface area (Å²) in [7, 11) is 1.71. The number of halogens is 1. The lowest BCUT2D eigenvalue weighted by Gasteiger charge is -2.31. The first-order chi connectivity index (χ1) is 12.2. The van der Waals surface area contributed by atoms with Gasteiger partial charge in [0.15, 0.2) is 0 Å². The van der Waals surface area contributed by atoms with Gasteiger partial charge in [0.05, 0.1) is 19.3 Å². The number of piperidine rings is 1. The number of pyridine rings is 1. The van der Waals surface area contributed by atoms with Gasteiger partial charge in [-0.2, -0.15) is 0 Å². The molecule has 142 valence electrons. The van der Waals surface area contributed by atoms with Crippen molar-refractivity contribution in [3.63, 3.8) is 0 Å². The van der Waals surface area contributed by atoms with Crippen LogP contribution in [0.4, 0.5) is 0 Å². The minimum absolute atomic E-state index is 0. The Hall–Kier alpha value is -1.70. The van der Waals surface area contributed by atoms with Crippen LogP contribution in [0.3, 0.4) is 0 Å². The van der Waals surface area contributed by atoms with Crippen molar-refractivity contribution in [2.75, 3.05) is 26.7 Å². The summed E-state index contributed by atoms with van der Waals surface area (Å²) in [5, 5.41) is 12.2. The van der Waals surface area contributed by atoms with Gasteiger partial charge in [-0.1, -0.05) is 0 Å². The number of nitrogens with one attached hydrogen (secondary N) is 1. The molecule has 0 unspecified atom stereocenters. The van der Waals surface area contributed by atoms with Crippen LogP contribution in [-0.4, -0.2) is 51.4 Å². The van der Waals surface area contributed by atoms with Gasteiger partial charge in [-0.3, -0.25) is 9.88 Å². The molecule has 0 radical (unpaired) electrons. The minimum atomic E-state index is 0. The third kappa shape index (κ3) is 4.00. The van der Waals surface area contributed by atoms with E-state index in [1.165, 1.54) is 5.82 Å². The molecule has 0 aliphatic carbocycles. The predicted octanol–water partition coefficient (Wildman–Crippen LogP) is 1.89. The highest BCUT2D eigenvalue weighted by atomic mass is 35.5. The lowest BCUT2D eigenvalue weighted by molar-refractivity contribution is 0.197. The standard InChI is InChI=1S/C18H26N6O.ClH/c1-13-9-16(25-2)10-15(20-13)12-23-6-3-14(4-7-23)18-22-21-17-11-19-5-8-24(17)18;/h9-10,14,19H,3-8,11-12H2,1-2H3;1H. The Bertz CT molecular complexity index is 741. The smallest absolute Gasteiger partial charge is 0.147 e. The lowest BCUT2D eigenvalue weighted by Crippen LogP contribution is -2.35. The average molecular weight is 379 g/mol. The first-order valence-electron chi connectivity index (χ1n) is 9.09. The molecular formula is C18H27ClN6O. The number of rotatable bonds is 4. The van der Waals surface area contributed by atoms with Crippen LogP contribution in [0.1, 0.15) is 41.8 Å². The quantitative estimate of drug-likeness (QED) is 0.876. The molecule has 2 aliphatic heterocycles. The summed E-state index contributed by atoms with van der Waals surface area (Å²) in [6.45, 7) is 7.88. The average Bonchev–Trinajstić information content (AvgIpc) is 3.06. The Balaban J connectivity index is 0.00000196. The monoisotopic (exact) mass is 378 g/mol. The lowest BCUT2D eigenvalue weighted by atomic mass is 9.95. The van der Waals surface area contributed by atoms with Crippen LogP contribution in [0.15, 0.2) is 12.1 Å². The van der Waals surface area contributed by atoms with Crippen molar-refractivity contribution in [1.29, 1.82) is 0 Å². The highest BCUT2D eigenvalue weighted by Gasteiger charge is 2.27. The number of nitrogens with zero attached hydrogens (tertiary/aromatic N) is 5. The van der Waals surface area contributed by atoms with E-state index < -0.39 is 0 Å². The number of aromatic nitrogens is 4. The Kier molecular flexibility index (Phi) is 6.11. The van der Waals surface area contributed by atoms with Gasteiger partial charge in [-0.15, -0.1) is 22.6 Å². The second-order valence-corrected chi connectivity index (χ2v) is 6.99. The number of ether oxygens (including phenoxy) is 1. The number of hydrogen-bond donors (Lipinski definition) is 1. The van der Waals surface area contributed by atoms with Crippen molar-refractivity contribution in [2.24, 2.45) is 0 Å². The zero-order chi connectivity index (χ0) is 17.2. The van der Waals surface area contributed by atoms with Gasteiger partial charge in [0.2, 0.25) is 0 Å². The van der Waals surface area contributed by atoms with Crippen LogP contribution >= 0.6 is 12.4 Å². The maximum Gasteiger partial charge on any atom is 0.147 e. The molecule has 1 N–H and O–H groups in total. The summed E-state index contributed by atoms with van der Waals surface area (Å²) in [4.78, 5) is 7.13. The highest BCUT2D eigenvalue weighted by Crippen LogP contribution is 2.28. The van der Waals surface area contributed by atoms with Crippen molar-refractivity contribution in [1.82, 2.24) is 30.0 Å². The van der Waals surface area contributed by atoms with Crippen molar-refractivity contribution in [3.05, 3.63) is 35.2 Å². The molecule has 0 saturated carbocycles. The molecular weight excluding hydrogens is 352 g/mol. The van der Waals surface area contributed by atoms with E-state index in [9.17, 15) is 0 Å². The Morgan fingerprint density at radius 2 is 2.00 bits per heavy atom. The van der Waals surface area contributed by atoms with E-state index in [4.69, 9.17) is 4.74 Å². The maximum atomic E-state index is 5.36. The van der Waals surface area contributed by atoms with Gasteiger partial charge in [0.1, 0.15) is 17.4 Å². The Labute approximate surface area is 160 Å². The van der Waals surface area contributed by atoms with Gasteiger partial charge in [0.25, 0.3) is 0 Å². The summed E-state index contributed by atoms with van der Waals surface area (Å²) >= 11 is 0. The first kappa shape index (κ1) is 19.1. The molecule has 1 fully saturated rings. The van der Waals surface area contributed by atoms with Crippen molar-refractivity contribution in [3.8, 4) is 5.75 Å². The first-order valence-corrected chi connectivity index (χ1v) is 9.09. The van der Waals surface area contributed by atoms with E-state index >= 15 is 0 Å². The molecule has 4 rings (SSSR count). The number of aryl methyl sites for hydroxylation is 1. The van der Waals surface area contributed by atoms with E-state index in [1.54, 1.807) is 7.11 Å². The van der Waals surface area contributed by atoms with Gasteiger partial charge >= 0.3 is 0 Å². The van der Waals surface area contributed by atoms with E-state index in [0.717, 1.165) is 75.1 Å². The fraction of sp³-hybridized carbons (Fsp3) is 0.611. The summed E-state index contributed by atoms with van der Waals surface area (Å²) in [6, 6.07) is 4.01. The largest absolute Gasteiger partial charge is 0.497 e. The summed E-state index contributed by atoms with van der Waals surface area (Å²) < 4.78 is 7.69. The molecule has 7 nitrogen and oxygen atoms in total. The van der Waals surface area contributed by atoms with E-state index in [-0.39, 0.29) is 12.4 Å². The maximum absolute atomic E-state index is 5.36. The van der Waals surface area contributed by atoms with Gasteiger partial charge < -0.3 is 14.6 Å². The second-order valence-electron chi connectivity index (χ2n) is 6.99. The second kappa shape index (κ2) is 8.33. The molecule has 2 aromatic heterocycles. The van der Waals surface area contributed by atoms with Crippen LogP contribution in [-0.2, 0) is 19.6 Å². The van der Waals surface area contributed by atoms with Crippen LogP contribution in [0.5, 0.6) is 5.75 Å². The summed E-state index contributed by atoms with van der Waals surface area (Å²) in [5.41, 5.74) is 2.09. The molecule has 4 heterocycles. The number of methoxy groups -OCH3 is 1. The number of hydrogen-bond acceptors (Lipinski definition) is 6. The molecule has 0 spiro atoms. The Morgan fingerprint density at radius 1 is 1.19 bits per heavy atom. The normalized spacial score (nSPS) is 18.2. The molecule has 2 aliphatic rings. The molecule has 0 bridgehead atoms. The van der Waals surface area contributed by atoms with Gasteiger partial charge in [0, 0.05) is 43.4 Å². The summed E-state index contributed by atoms with van der Waals surface area (Å²) in [6.07, 6.45) is 2.27. The zero-order valence-corrected chi connectivity index (χ0v) is 16.3. The predicted molar refractivity (Wildman–Crippen MR) is 102 cm³/mol. The van der Waals surface area contributed by atoms with Crippen molar-refractivity contribution in [2.45, 2.75) is 45.3 Å². The molecule has 2 aromatic rings.